The zero-order valence-corrected chi connectivity index (χ0v) is 13.9. The molecule has 0 radical (unpaired) electrons. The highest BCUT2D eigenvalue weighted by molar-refractivity contribution is 6.39. The van der Waals surface area contributed by atoms with Crippen LogP contribution in [-0.4, -0.2) is 31.6 Å². The Morgan fingerprint density at radius 3 is 2.55 bits per heavy atom. The molecule has 0 aliphatic carbocycles. The van der Waals surface area contributed by atoms with Gasteiger partial charge in [-0.3, -0.25) is 0 Å². The lowest BCUT2D eigenvalue weighted by Gasteiger charge is -2.17. The molecule has 0 fully saturated rings. The fourth-order valence-corrected chi connectivity index (χ4v) is 3.45. The molecule has 0 bridgehead atoms. The highest BCUT2D eigenvalue weighted by Gasteiger charge is 2.28. The largest absolute Gasteiger partial charge is 0.488 e. The van der Waals surface area contributed by atoms with Gasteiger partial charge in [-0.2, -0.15) is 0 Å². The number of nitrogens with zero attached hydrogens (tertiary/aromatic N) is 1. The Labute approximate surface area is 139 Å². The van der Waals surface area contributed by atoms with Gasteiger partial charge in [-0.15, -0.1) is 0 Å². The number of ether oxygens (including phenoxy) is 1. The standard InChI is InChI=1S/C17H16Cl2FNO/c1-21(2)9-12-7-10-6-11(20)8-13(17(10)22-12)16-14(18)4-3-5-15(16)19/h3-6,8,12H,7,9H2,1-2H3. The molecular formula is C17H16Cl2FNO. The van der Waals surface area contributed by atoms with E-state index in [-0.39, 0.29) is 11.9 Å². The van der Waals surface area contributed by atoms with Gasteiger partial charge in [-0.05, 0) is 38.4 Å². The van der Waals surface area contributed by atoms with Crippen LogP contribution in [0.25, 0.3) is 11.1 Å². The molecule has 2 nitrogen and oxygen atoms in total. The summed E-state index contributed by atoms with van der Waals surface area (Å²) in [5, 5.41) is 0.972. The van der Waals surface area contributed by atoms with Crippen molar-refractivity contribution in [3.8, 4) is 16.9 Å². The average Bonchev–Trinajstić information content (AvgIpc) is 2.79. The van der Waals surface area contributed by atoms with Crippen LogP contribution in [-0.2, 0) is 6.42 Å². The number of hydrogen-bond acceptors (Lipinski definition) is 2. The highest BCUT2D eigenvalue weighted by atomic mass is 35.5. The van der Waals surface area contributed by atoms with Gasteiger partial charge < -0.3 is 9.64 Å². The normalized spacial score (nSPS) is 16.7. The number of benzene rings is 2. The van der Waals surface area contributed by atoms with Gasteiger partial charge in [0.05, 0.1) is 10.0 Å². The van der Waals surface area contributed by atoms with E-state index < -0.39 is 0 Å². The number of rotatable bonds is 3. The third-order valence-corrected chi connectivity index (χ3v) is 4.29. The van der Waals surface area contributed by atoms with E-state index in [4.69, 9.17) is 27.9 Å². The van der Waals surface area contributed by atoms with Crippen molar-refractivity contribution in [1.29, 1.82) is 0 Å². The van der Waals surface area contributed by atoms with Crippen LogP contribution in [0.15, 0.2) is 30.3 Å². The van der Waals surface area contributed by atoms with Crippen LogP contribution in [0, 0.1) is 5.82 Å². The van der Waals surface area contributed by atoms with Crippen LogP contribution in [0.1, 0.15) is 5.56 Å². The van der Waals surface area contributed by atoms with Gasteiger partial charge in [0.1, 0.15) is 17.7 Å². The fourth-order valence-electron chi connectivity index (χ4n) is 2.84. The van der Waals surface area contributed by atoms with E-state index in [2.05, 4.69) is 4.90 Å². The maximum absolute atomic E-state index is 14.0. The summed E-state index contributed by atoms with van der Waals surface area (Å²) < 4.78 is 20.1. The van der Waals surface area contributed by atoms with Crippen molar-refractivity contribution in [1.82, 2.24) is 4.90 Å². The fraction of sp³-hybridized carbons (Fsp3) is 0.294. The quantitative estimate of drug-likeness (QED) is 0.805. The van der Waals surface area contributed by atoms with Crippen LogP contribution in [0.2, 0.25) is 10.0 Å². The summed E-state index contributed by atoms with van der Waals surface area (Å²) in [7, 11) is 3.97. The zero-order chi connectivity index (χ0) is 15.9. The molecular weight excluding hydrogens is 324 g/mol. The molecule has 5 heteroatoms. The van der Waals surface area contributed by atoms with Gasteiger partial charge >= 0.3 is 0 Å². The molecule has 1 atom stereocenters. The van der Waals surface area contributed by atoms with E-state index in [1.165, 1.54) is 12.1 Å². The van der Waals surface area contributed by atoms with Crippen LogP contribution < -0.4 is 4.74 Å². The number of hydrogen-bond donors (Lipinski definition) is 0. The minimum absolute atomic E-state index is 0.00631. The SMILES string of the molecule is CN(C)CC1Cc2cc(F)cc(-c3c(Cl)cccc3Cl)c2O1. The van der Waals surface area contributed by atoms with Crippen molar-refractivity contribution < 1.29 is 9.13 Å². The average molecular weight is 340 g/mol. The third-order valence-electron chi connectivity index (χ3n) is 3.66. The summed E-state index contributed by atoms with van der Waals surface area (Å²) in [4.78, 5) is 2.05. The first kappa shape index (κ1) is 15.6. The minimum atomic E-state index is -0.307. The molecule has 1 unspecified atom stereocenters. The van der Waals surface area contributed by atoms with Gasteiger partial charge in [-0.1, -0.05) is 29.3 Å². The van der Waals surface area contributed by atoms with E-state index in [1.54, 1.807) is 18.2 Å². The summed E-state index contributed by atoms with van der Waals surface area (Å²) in [6.07, 6.45) is 0.687. The molecule has 0 saturated heterocycles. The van der Waals surface area contributed by atoms with Crippen LogP contribution in [0.3, 0.4) is 0 Å². The Morgan fingerprint density at radius 1 is 1.23 bits per heavy atom. The summed E-state index contributed by atoms with van der Waals surface area (Å²) in [6.45, 7) is 0.770. The molecule has 1 aliphatic heterocycles. The Bertz CT molecular complexity index is 698. The first-order chi connectivity index (χ1) is 10.5. The Morgan fingerprint density at radius 2 is 1.91 bits per heavy atom. The van der Waals surface area contributed by atoms with E-state index in [0.29, 0.717) is 33.3 Å². The Kier molecular flexibility index (Phi) is 4.31. The predicted octanol–water partition coefficient (Wildman–Crippen LogP) is 4.66. The van der Waals surface area contributed by atoms with Crippen molar-refractivity contribution in [3.05, 3.63) is 51.8 Å². The zero-order valence-electron chi connectivity index (χ0n) is 12.4. The van der Waals surface area contributed by atoms with Gasteiger partial charge in [0.2, 0.25) is 0 Å². The molecule has 3 rings (SSSR count). The molecule has 116 valence electrons. The molecule has 0 amide bonds. The van der Waals surface area contributed by atoms with Crippen molar-refractivity contribution in [3.63, 3.8) is 0 Å². The molecule has 0 aromatic heterocycles. The van der Waals surface area contributed by atoms with Crippen LogP contribution in [0.5, 0.6) is 5.75 Å². The van der Waals surface area contributed by atoms with E-state index in [0.717, 1.165) is 12.1 Å². The van der Waals surface area contributed by atoms with Gasteiger partial charge in [-0.25, -0.2) is 4.39 Å². The van der Waals surface area contributed by atoms with Crippen molar-refractivity contribution in [2.75, 3.05) is 20.6 Å². The van der Waals surface area contributed by atoms with Gasteiger partial charge in [0.25, 0.3) is 0 Å². The van der Waals surface area contributed by atoms with Crippen molar-refractivity contribution >= 4 is 23.2 Å². The summed E-state index contributed by atoms with van der Waals surface area (Å²) >= 11 is 12.5. The lowest BCUT2D eigenvalue weighted by molar-refractivity contribution is 0.185. The summed E-state index contributed by atoms with van der Waals surface area (Å²) in [5.41, 5.74) is 2.09. The monoisotopic (exact) mass is 339 g/mol. The topological polar surface area (TPSA) is 12.5 Å². The van der Waals surface area contributed by atoms with Crippen LogP contribution in [0.4, 0.5) is 4.39 Å². The molecule has 22 heavy (non-hydrogen) atoms. The second-order valence-corrected chi connectivity index (χ2v) is 6.56. The first-order valence-electron chi connectivity index (χ1n) is 7.04. The molecule has 2 aromatic carbocycles. The molecule has 0 spiro atoms. The van der Waals surface area contributed by atoms with Crippen molar-refractivity contribution in [2.24, 2.45) is 0 Å². The Balaban J connectivity index is 2.09. The number of likely N-dealkylation sites (N-methyl/N-ethyl adjacent to an activating group) is 1. The number of fused-ring (bicyclic) bond motifs is 1. The third kappa shape index (κ3) is 2.94. The minimum Gasteiger partial charge on any atom is -0.488 e. The lowest BCUT2D eigenvalue weighted by atomic mass is 10.00. The highest BCUT2D eigenvalue weighted by Crippen LogP contribution is 2.44. The smallest absolute Gasteiger partial charge is 0.131 e. The molecule has 0 saturated carbocycles. The van der Waals surface area contributed by atoms with E-state index in [9.17, 15) is 4.39 Å². The molecule has 1 aliphatic rings. The van der Waals surface area contributed by atoms with E-state index >= 15 is 0 Å². The van der Waals surface area contributed by atoms with Gasteiger partial charge in [0, 0.05) is 29.7 Å². The molecule has 0 N–H and O–H groups in total. The molecule has 1 heterocycles. The maximum Gasteiger partial charge on any atom is 0.131 e. The van der Waals surface area contributed by atoms with Crippen molar-refractivity contribution in [2.45, 2.75) is 12.5 Å². The lowest BCUT2D eigenvalue weighted by Crippen LogP contribution is -2.29. The Hall–Kier alpha value is -1.29. The predicted molar refractivity (Wildman–Crippen MR) is 88.5 cm³/mol. The summed E-state index contributed by atoms with van der Waals surface area (Å²) in [6, 6.07) is 8.21. The van der Waals surface area contributed by atoms with E-state index in [1.807, 2.05) is 14.1 Å². The second-order valence-electron chi connectivity index (χ2n) is 5.74. The second kappa shape index (κ2) is 6.07. The maximum atomic E-state index is 14.0. The summed E-state index contributed by atoms with van der Waals surface area (Å²) in [5.74, 6) is 0.377. The van der Waals surface area contributed by atoms with Crippen LogP contribution >= 0.6 is 23.2 Å². The first-order valence-corrected chi connectivity index (χ1v) is 7.79. The van der Waals surface area contributed by atoms with Gasteiger partial charge in [0.15, 0.2) is 0 Å². The molecule has 2 aromatic rings. The number of halogens is 3.